The SMILES string of the molecule is O=C(O)c1ccccc1C=Nc1ccccc1N=Cc1ccccc1C(=O)O. The summed E-state index contributed by atoms with van der Waals surface area (Å²) in [6.45, 7) is 0. The van der Waals surface area contributed by atoms with E-state index in [1.807, 2.05) is 0 Å². The highest BCUT2D eigenvalue weighted by atomic mass is 16.4. The van der Waals surface area contributed by atoms with Gasteiger partial charge in [-0.15, -0.1) is 0 Å². The van der Waals surface area contributed by atoms with Crippen LogP contribution in [0.2, 0.25) is 0 Å². The molecule has 0 unspecified atom stereocenters. The molecule has 3 rings (SSSR count). The van der Waals surface area contributed by atoms with Crippen LogP contribution in [0.5, 0.6) is 0 Å². The van der Waals surface area contributed by atoms with Crippen LogP contribution in [0.1, 0.15) is 31.8 Å². The molecule has 0 aliphatic carbocycles. The highest BCUT2D eigenvalue weighted by Gasteiger charge is 2.08. The van der Waals surface area contributed by atoms with Crippen molar-refractivity contribution in [2.75, 3.05) is 0 Å². The molecule has 0 radical (unpaired) electrons. The van der Waals surface area contributed by atoms with E-state index in [4.69, 9.17) is 0 Å². The predicted octanol–water partition coefficient (Wildman–Crippen LogP) is 4.58. The summed E-state index contributed by atoms with van der Waals surface area (Å²) in [4.78, 5) is 31.4. The summed E-state index contributed by atoms with van der Waals surface area (Å²) < 4.78 is 0. The van der Waals surface area contributed by atoms with Gasteiger partial charge in [-0.25, -0.2) is 9.59 Å². The first-order valence-corrected chi connectivity index (χ1v) is 8.38. The van der Waals surface area contributed by atoms with Crippen LogP contribution in [0.25, 0.3) is 0 Å². The molecular formula is C22H16N2O4. The maximum atomic E-state index is 11.3. The molecule has 0 spiro atoms. The van der Waals surface area contributed by atoms with Crippen molar-refractivity contribution in [2.24, 2.45) is 9.98 Å². The van der Waals surface area contributed by atoms with E-state index in [1.165, 1.54) is 24.6 Å². The Labute approximate surface area is 161 Å². The van der Waals surface area contributed by atoms with Gasteiger partial charge in [-0.1, -0.05) is 48.5 Å². The first-order valence-electron chi connectivity index (χ1n) is 8.38. The fourth-order valence-corrected chi connectivity index (χ4v) is 2.57. The molecule has 0 heterocycles. The molecular weight excluding hydrogens is 356 g/mol. The minimum atomic E-state index is -1.03. The Balaban J connectivity index is 1.93. The number of carboxylic acid groups (broad SMARTS) is 2. The minimum absolute atomic E-state index is 0.155. The van der Waals surface area contributed by atoms with Crippen molar-refractivity contribution in [1.29, 1.82) is 0 Å². The molecule has 0 saturated heterocycles. The lowest BCUT2D eigenvalue weighted by Gasteiger charge is -2.03. The van der Waals surface area contributed by atoms with E-state index in [9.17, 15) is 19.8 Å². The van der Waals surface area contributed by atoms with Crippen molar-refractivity contribution in [3.63, 3.8) is 0 Å². The number of carboxylic acids is 2. The molecule has 0 amide bonds. The number of benzene rings is 3. The fourth-order valence-electron chi connectivity index (χ4n) is 2.57. The molecule has 6 nitrogen and oxygen atoms in total. The average molecular weight is 372 g/mol. The van der Waals surface area contributed by atoms with Gasteiger partial charge in [-0.2, -0.15) is 0 Å². The quantitative estimate of drug-likeness (QED) is 0.618. The van der Waals surface area contributed by atoms with Crippen LogP contribution >= 0.6 is 0 Å². The van der Waals surface area contributed by atoms with Gasteiger partial charge in [0.05, 0.1) is 22.5 Å². The minimum Gasteiger partial charge on any atom is -0.478 e. The molecule has 138 valence electrons. The maximum Gasteiger partial charge on any atom is 0.336 e. The average Bonchev–Trinajstić information content (AvgIpc) is 2.71. The summed E-state index contributed by atoms with van der Waals surface area (Å²) in [6.07, 6.45) is 2.95. The van der Waals surface area contributed by atoms with Gasteiger partial charge in [0.25, 0.3) is 0 Å². The predicted molar refractivity (Wildman–Crippen MR) is 108 cm³/mol. The van der Waals surface area contributed by atoms with E-state index in [2.05, 4.69) is 9.98 Å². The number of rotatable bonds is 6. The third-order valence-corrected chi connectivity index (χ3v) is 3.95. The van der Waals surface area contributed by atoms with Crippen molar-refractivity contribution in [3.8, 4) is 0 Å². The summed E-state index contributed by atoms with van der Waals surface area (Å²) >= 11 is 0. The summed E-state index contributed by atoms with van der Waals surface area (Å²) in [6, 6.07) is 20.2. The second-order valence-corrected chi connectivity index (χ2v) is 5.79. The Kier molecular flexibility index (Phi) is 5.72. The molecule has 0 fully saturated rings. The molecule has 0 bridgehead atoms. The van der Waals surface area contributed by atoms with E-state index >= 15 is 0 Å². The number of aliphatic imine (C=N–C) groups is 2. The lowest BCUT2D eigenvalue weighted by Crippen LogP contribution is -2.01. The number of para-hydroxylation sites is 2. The van der Waals surface area contributed by atoms with Crippen molar-refractivity contribution in [2.45, 2.75) is 0 Å². The normalized spacial score (nSPS) is 11.1. The van der Waals surface area contributed by atoms with E-state index in [0.717, 1.165) is 0 Å². The first-order chi connectivity index (χ1) is 13.6. The van der Waals surface area contributed by atoms with Crippen LogP contribution in [0.3, 0.4) is 0 Å². The van der Waals surface area contributed by atoms with Gasteiger partial charge in [0.15, 0.2) is 0 Å². The summed E-state index contributed by atoms with van der Waals surface area (Å²) in [5.41, 5.74) is 2.33. The second-order valence-electron chi connectivity index (χ2n) is 5.79. The third kappa shape index (κ3) is 4.37. The zero-order chi connectivity index (χ0) is 19.9. The molecule has 28 heavy (non-hydrogen) atoms. The van der Waals surface area contributed by atoms with Gasteiger partial charge < -0.3 is 10.2 Å². The van der Waals surface area contributed by atoms with Crippen molar-refractivity contribution in [1.82, 2.24) is 0 Å². The highest BCUT2D eigenvalue weighted by molar-refractivity contribution is 6.00. The summed E-state index contributed by atoms with van der Waals surface area (Å²) in [7, 11) is 0. The Morgan fingerprint density at radius 3 is 1.36 bits per heavy atom. The number of hydrogen-bond donors (Lipinski definition) is 2. The molecule has 0 aromatic heterocycles. The first kappa shape index (κ1) is 18.7. The number of carbonyl (C=O) groups is 2. The smallest absolute Gasteiger partial charge is 0.336 e. The van der Waals surface area contributed by atoms with Crippen LogP contribution in [0.15, 0.2) is 82.8 Å². The van der Waals surface area contributed by atoms with Gasteiger partial charge in [0.1, 0.15) is 0 Å². The van der Waals surface area contributed by atoms with Crippen molar-refractivity contribution < 1.29 is 19.8 Å². The summed E-state index contributed by atoms with van der Waals surface area (Å²) in [5.74, 6) is -2.06. The zero-order valence-corrected chi connectivity index (χ0v) is 14.7. The monoisotopic (exact) mass is 372 g/mol. The second kappa shape index (κ2) is 8.55. The van der Waals surface area contributed by atoms with Crippen molar-refractivity contribution in [3.05, 3.63) is 95.1 Å². The van der Waals surface area contributed by atoms with E-state index in [1.54, 1.807) is 60.7 Å². The van der Waals surface area contributed by atoms with Crippen LogP contribution < -0.4 is 0 Å². The Morgan fingerprint density at radius 1 is 0.607 bits per heavy atom. The molecule has 0 atom stereocenters. The zero-order valence-electron chi connectivity index (χ0n) is 14.7. The van der Waals surface area contributed by atoms with Crippen LogP contribution in [0, 0.1) is 0 Å². The van der Waals surface area contributed by atoms with Crippen LogP contribution in [-0.2, 0) is 0 Å². The topological polar surface area (TPSA) is 99.3 Å². The van der Waals surface area contributed by atoms with Crippen LogP contribution in [-0.4, -0.2) is 34.6 Å². The van der Waals surface area contributed by atoms with E-state index in [0.29, 0.717) is 22.5 Å². The van der Waals surface area contributed by atoms with Gasteiger partial charge in [0, 0.05) is 23.6 Å². The Morgan fingerprint density at radius 2 is 0.964 bits per heavy atom. The van der Waals surface area contributed by atoms with Gasteiger partial charge in [-0.05, 0) is 24.3 Å². The lowest BCUT2D eigenvalue weighted by molar-refractivity contribution is 0.0686. The molecule has 0 saturated carbocycles. The fraction of sp³-hybridized carbons (Fsp3) is 0. The largest absolute Gasteiger partial charge is 0.478 e. The van der Waals surface area contributed by atoms with Crippen LogP contribution in [0.4, 0.5) is 11.4 Å². The van der Waals surface area contributed by atoms with E-state index < -0.39 is 11.9 Å². The Hall–Kier alpha value is -4.06. The summed E-state index contributed by atoms with van der Waals surface area (Å²) in [5, 5.41) is 18.5. The Bertz CT molecular complexity index is 1000. The molecule has 3 aromatic rings. The highest BCUT2D eigenvalue weighted by Crippen LogP contribution is 2.27. The molecule has 6 heteroatoms. The lowest BCUT2D eigenvalue weighted by atomic mass is 10.1. The van der Waals surface area contributed by atoms with Gasteiger partial charge >= 0.3 is 11.9 Å². The number of hydrogen-bond acceptors (Lipinski definition) is 4. The third-order valence-electron chi connectivity index (χ3n) is 3.95. The van der Waals surface area contributed by atoms with Gasteiger partial charge in [-0.3, -0.25) is 9.98 Å². The van der Waals surface area contributed by atoms with E-state index in [-0.39, 0.29) is 11.1 Å². The van der Waals surface area contributed by atoms with Gasteiger partial charge in [0.2, 0.25) is 0 Å². The number of nitrogens with zero attached hydrogens (tertiary/aromatic N) is 2. The maximum absolute atomic E-state index is 11.3. The molecule has 0 aliphatic rings. The molecule has 0 aliphatic heterocycles. The van der Waals surface area contributed by atoms with Crippen molar-refractivity contribution >= 4 is 35.7 Å². The number of aromatic carboxylic acids is 2. The molecule has 2 N–H and O–H groups in total. The standard InChI is InChI=1S/C22H16N2O4/c25-21(26)17-9-3-1-7-15(17)13-23-19-11-5-6-12-20(19)24-14-16-8-2-4-10-18(16)22(27)28/h1-14H,(H,25,26)(H,27,28). The molecule has 3 aromatic carbocycles.